The first kappa shape index (κ1) is 28.0. The number of nitrogens with one attached hydrogen (secondary N) is 1. The Balaban J connectivity index is 1.66. The third-order valence-corrected chi connectivity index (χ3v) is 6.91. The number of ether oxygens (including phenoxy) is 2. The minimum Gasteiger partial charge on any atom is -0.464 e. The lowest BCUT2D eigenvalue weighted by atomic mass is 10.1. The molecule has 0 bridgehead atoms. The molecule has 1 aliphatic rings. The van der Waals surface area contributed by atoms with E-state index in [4.69, 9.17) is 14.5 Å². The van der Waals surface area contributed by atoms with Crippen LogP contribution in [-0.4, -0.2) is 56.7 Å². The van der Waals surface area contributed by atoms with Crippen LogP contribution in [0.25, 0.3) is 22.4 Å². The highest BCUT2D eigenvalue weighted by molar-refractivity contribution is 5.81. The lowest BCUT2D eigenvalue weighted by molar-refractivity contribution is -0.150. The molecule has 1 fully saturated rings. The van der Waals surface area contributed by atoms with Gasteiger partial charge in [-0.25, -0.2) is 4.98 Å². The van der Waals surface area contributed by atoms with E-state index in [9.17, 15) is 14.7 Å². The van der Waals surface area contributed by atoms with E-state index in [1.54, 1.807) is 18.5 Å². The minimum absolute atomic E-state index is 0.0278. The van der Waals surface area contributed by atoms with Crippen molar-refractivity contribution in [3.63, 3.8) is 0 Å². The van der Waals surface area contributed by atoms with Gasteiger partial charge in [0.1, 0.15) is 11.9 Å². The van der Waals surface area contributed by atoms with Gasteiger partial charge in [0.15, 0.2) is 0 Å². The van der Waals surface area contributed by atoms with Gasteiger partial charge in [-0.3, -0.25) is 14.9 Å². The molecule has 3 unspecified atom stereocenters. The number of carbonyl (C=O) groups excluding carboxylic acids is 1. The molecule has 0 amide bonds. The van der Waals surface area contributed by atoms with Crippen LogP contribution in [0.2, 0.25) is 0 Å². The minimum atomic E-state index is -0.896. The van der Waals surface area contributed by atoms with E-state index in [-0.39, 0.29) is 17.6 Å². The topological polar surface area (TPSA) is 108 Å². The molecule has 0 spiro atoms. The van der Waals surface area contributed by atoms with Crippen LogP contribution in [0.4, 0.5) is 0 Å². The van der Waals surface area contributed by atoms with E-state index in [0.29, 0.717) is 25.3 Å². The summed E-state index contributed by atoms with van der Waals surface area (Å²) in [7, 11) is 1.75. The third kappa shape index (κ3) is 6.51. The molecular weight excluding hydrogens is 484 g/mol. The summed E-state index contributed by atoms with van der Waals surface area (Å²) in [6.07, 6.45) is 4.22. The molecule has 2 N–H and O–H groups in total. The van der Waals surface area contributed by atoms with Crippen molar-refractivity contribution in [1.29, 1.82) is 0 Å². The quantitative estimate of drug-likeness (QED) is 0.392. The molecule has 3 aromatic rings. The van der Waals surface area contributed by atoms with Crippen LogP contribution in [0, 0.1) is 12.8 Å². The second-order valence-corrected chi connectivity index (χ2v) is 10.8. The van der Waals surface area contributed by atoms with Gasteiger partial charge in [-0.15, -0.1) is 0 Å². The summed E-state index contributed by atoms with van der Waals surface area (Å²) < 4.78 is 15.2. The largest absolute Gasteiger partial charge is 0.464 e. The van der Waals surface area contributed by atoms with Gasteiger partial charge in [0.25, 0.3) is 5.56 Å². The average molecular weight is 525 g/mol. The number of nitrogens with zero attached hydrogens (tertiary/aromatic N) is 3. The molecule has 3 atom stereocenters. The zero-order valence-electron chi connectivity index (χ0n) is 23.1. The Labute approximate surface area is 223 Å². The highest BCUT2D eigenvalue weighted by Crippen LogP contribution is 2.28. The second kappa shape index (κ2) is 12.2. The maximum atomic E-state index is 12.5. The lowest BCUT2D eigenvalue weighted by Gasteiger charge is -2.24. The fourth-order valence-corrected chi connectivity index (χ4v) is 4.86. The zero-order chi connectivity index (χ0) is 27.4. The van der Waals surface area contributed by atoms with Crippen molar-refractivity contribution in [3.8, 4) is 11.4 Å². The number of fused-ring (bicyclic) bond motifs is 1. The predicted octanol–water partition coefficient (Wildman–Crippen LogP) is 3.32. The molecule has 1 aromatic carbocycles. The molecule has 206 valence electrons. The number of aliphatic hydroxyl groups is 1. The number of esters is 1. The highest BCUT2D eigenvalue weighted by Gasteiger charge is 2.25. The van der Waals surface area contributed by atoms with Crippen LogP contribution in [0.5, 0.6) is 0 Å². The first-order valence-electron chi connectivity index (χ1n) is 13.5. The number of aromatic nitrogens is 3. The standard InChI is InChI=1S/C29H40N4O5/c1-18(2)17-38-29(36)26(20(4)34)30-14-21-9-10-24-25(13-21)33(16-23-8-6-7-11-37-23)27(31-24)22-12-19(3)28(35)32(5)15-22/h9-10,12-13,15,18,20,23,26,30,34H,6-8,11,14,16-17H2,1-5H3. The summed E-state index contributed by atoms with van der Waals surface area (Å²) >= 11 is 0. The molecular formula is C29H40N4O5. The summed E-state index contributed by atoms with van der Waals surface area (Å²) in [4.78, 5) is 29.8. The number of pyridine rings is 1. The molecule has 0 aliphatic carbocycles. The van der Waals surface area contributed by atoms with Crippen LogP contribution in [0.1, 0.15) is 51.2 Å². The summed E-state index contributed by atoms with van der Waals surface area (Å²) in [6, 6.07) is 7.07. The predicted molar refractivity (Wildman–Crippen MR) is 147 cm³/mol. The first-order valence-corrected chi connectivity index (χ1v) is 13.5. The van der Waals surface area contributed by atoms with Gasteiger partial charge >= 0.3 is 5.97 Å². The van der Waals surface area contributed by atoms with E-state index < -0.39 is 18.1 Å². The van der Waals surface area contributed by atoms with Crippen LogP contribution in [0.3, 0.4) is 0 Å². The van der Waals surface area contributed by atoms with Crippen molar-refractivity contribution in [3.05, 3.63) is 51.9 Å². The molecule has 4 rings (SSSR count). The van der Waals surface area contributed by atoms with Gasteiger partial charge < -0.3 is 23.7 Å². The van der Waals surface area contributed by atoms with Gasteiger partial charge in [-0.05, 0) is 62.8 Å². The molecule has 0 saturated carbocycles. The zero-order valence-corrected chi connectivity index (χ0v) is 23.1. The maximum absolute atomic E-state index is 12.5. The van der Waals surface area contributed by atoms with Crippen molar-refractivity contribution in [1.82, 2.24) is 19.4 Å². The van der Waals surface area contributed by atoms with E-state index >= 15 is 0 Å². The van der Waals surface area contributed by atoms with Crippen LogP contribution >= 0.6 is 0 Å². The molecule has 9 heteroatoms. The van der Waals surface area contributed by atoms with Gasteiger partial charge in [-0.2, -0.15) is 0 Å². The third-order valence-electron chi connectivity index (χ3n) is 6.91. The highest BCUT2D eigenvalue weighted by atomic mass is 16.5. The maximum Gasteiger partial charge on any atom is 0.325 e. The average Bonchev–Trinajstić information content (AvgIpc) is 3.23. The van der Waals surface area contributed by atoms with Gasteiger partial charge in [0, 0.05) is 37.5 Å². The van der Waals surface area contributed by atoms with Crippen molar-refractivity contribution < 1.29 is 19.4 Å². The Bertz CT molecular complexity index is 1290. The van der Waals surface area contributed by atoms with Crippen LogP contribution < -0.4 is 10.9 Å². The van der Waals surface area contributed by atoms with Crippen LogP contribution in [-0.2, 0) is 34.4 Å². The number of carbonyl (C=O) groups is 1. The Kier molecular flexibility index (Phi) is 9.02. The van der Waals surface area contributed by atoms with E-state index in [0.717, 1.165) is 53.9 Å². The van der Waals surface area contributed by atoms with Crippen molar-refractivity contribution >= 4 is 17.0 Å². The normalized spacial score (nSPS) is 17.6. The monoisotopic (exact) mass is 524 g/mol. The molecule has 9 nitrogen and oxygen atoms in total. The molecule has 38 heavy (non-hydrogen) atoms. The Morgan fingerprint density at radius 3 is 2.71 bits per heavy atom. The van der Waals surface area contributed by atoms with Gasteiger partial charge in [0.05, 0.1) is 36.4 Å². The first-order chi connectivity index (χ1) is 18.1. The molecule has 0 radical (unpaired) electrons. The summed E-state index contributed by atoms with van der Waals surface area (Å²) in [5, 5.41) is 13.4. The van der Waals surface area contributed by atoms with E-state index in [2.05, 4.69) is 16.0 Å². The fourth-order valence-electron chi connectivity index (χ4n) is 4.86. The number of hydrogen-bond acceptors (Lipinski definition) is 7. The van der Waals surface area contributed by atoms with E-state index in [1.807, 2.05) is 45.2 Å². The van der Waals surface area contributed by atoms with Crippen molar-refractivity contribution in [2.75, 3.05) is 13.2 Å². The number of rotatable bonds is 10. The van der Waals surface area contributed by atoms with Crippen molar-refractivity contribution in [2.45, 2.75) is 78.3 Å². The number of hydrogen-bond donors (Lipinski definition) is 2. The summed E-state index contributed by atoms with van der Waals surface area (Å²) in [5.74, 6) is 0.549. The van der Waals surface area contributed by atoms with Crippen molar-refractivity contribution in [2.24, 2.45) is 13.0 Å². The van der Waals surface area contributed by atoms with Crippen LogP contribution in [0.15, 0.2) is 35.3 Å². The number of aryl methyl sites for hydroxylation is 2. The Morgan fingerprint density at radius 2 is 2.05 bits per heavy atom. The van der Waals surface area contributed by atoms with Gasteiger partial charge in [0.2, 0.25) is 0 Å². The molecule has 1 aliphatic heterocycles. The molecule has 1 saturated heterocycles. The van der Waals surface area contributed by atoms with Gasteiger partial charge in [-0.1, -0.05) is 19.9 Å². The smallest absolute Gasteiger partial charge is 0.325 e. The second-order valence-electron chi connectivity index (χ2n) is 10.8. The number of benzene rings is 1. The molecule has 2 aromatic heterocycles. The lowest BCUT2D eigenvalue weighted by Crippen LogP contribution is -2.45. The van der Waals surface area contributed by atoms with E-state index in [1.165, 1.54) is 0 Å². The number of aliphatic hydroxyl groups excluding tert-OH is 1. The SMILES string of the molecule is Cc1cc(-c2nc3ccc(CNC(C(=O)OCC(C)C)C(C)O)cc3n2CC2CCCCO2)cn(C)c1=O. The summed E-state index contributed by atoms with van der Waals surface area (Å²) in [6.45, 7) is 9.44. The Morgan fingerprint density at radius 1 is 1.26 bits per heavy atom. The number of imidazole rings is 1. The molecule has 3 heterocycles. The summed E-state index contributed by atoms with van der Waals surface area (Å²) in [5.41, 5.74) is 4.26. The fraction of sp³-hybridized carbons (Fsp3) is 0.552. The Hall–Kier alpha value is -3.01.